The molecule has 3 aromatic rings. The van der Waals surface area contributed by atoms with Crippen LogP contribution >= 0.6 is 0 Å². The lowest BCUT2D eigenvalue weighted by Gasteiger charge is -2.18. The van der Waals surface area contributed by atoms with E-state index in [1.807, 2.05) is 30.3 Å². The quantitative estimate of drug-likeness (QED) is 0.596. The molecular weight excluding hydrogens is 409 g/mol. The number of aromatic nitrogens is 2. The number of sulfonamides is 1. The van der Waals surface area contributed by atoms with Gasteiger partial charge in [0.2, 0.25) is 21.8 Å². The summed E-state index contributed by atoms with van der Waals surface area (Å²) in [6, 6.07) is 13.1. The lowest BCUT2D eigenvalue weighted by atomic mass is 9.97. The molecule has 9 heteroatoms. The number of halogens is 1. The summed E-state index contributed by atoms with van der Waals surface area (Å²) < 4.78 is 52.7. The third-order valence-electron chi connectivity index (χ3n) is 5.33. The van der Waals surface area contributed by atoms with Crippen LogP contribution in [0.1, 0.15) is 17.4 Å². The Balaban J connectivity index is 1.64. The second-order valence-electron chi connectivity index (χ2n) is 7.37. The van der Waals surface area contributed by atoms with Gasteiger partial charge in [-0.25, -0.2) is 12.8 Å². The molecule has 0 radical (unpaired) electrons. The van der Waals surface area contributed by atoms with Gasteiger partial charge >= 0.3 is 0 Å². The molecule has 158 valence electrons. The number of ether oxygens (including phenoxy) is 1. The fraction of sp³-hybridized carbons (Fsp3) is 0.333. The minimum absolute atomic E-state index is 0.0326. The molecule has 1 aliphatic heterocycles. The summed E-state index contributed by atoms with van der Waals surface area (Å²) in [5.41, 5.74) is 1.28. The molecule has 30 heavy (non-hydrogen) atoms. The average Bonchev–Trinajstić information content (AvgIpc) is 3.38. The molecule has 1 aromatic heterocycles. The van der Waals surface area contributed by atoms with Crippen LogP contribution in [0.5, 0.6) is 0 Å². The first-order chi connectivity index (χ1) is 14.4. The molecule has 2 heterocycles. The maximum Gasteiger partial charge on any atom is 0.247 e. The summed E-state index contributed by atoms with van der Waals surface area (Å²) >= 11 is 0. The van der Waals surface area contributed by atoms with Crippen molar-refractivity contribution in [3.05, 3.63) is 65.8 Å². The molecule has 2 atom stereocenters. The highest BCUT2D eigenvalue weighted by atomic mass is 32.2. The van der Waals surface area contributed by atoms with E-state index in [9.17, 15) is 12.8 Å². The van der Waals surface area contributed by atoms with Gasteiger partial charge in [-0.15, -0.1) is 10.2 Å². The zero-order valence-corrected chi connectivity index (χ0v) is 17.5. The summed E-state index contributed by atoms with van der Waals surface area (Å²) in [4.78, 5) is -0.0326. The van der Waals surface area contributed by atoms with E-state index < -0.39 is 15.8 Å². The lowest BCUT2D eigenvalue weighted by molar-refractivity contribution is 0.147. The highest BCUT2D eigenvalue weighted by Gasteiger charge is 2.43. The first kappa shape index (κ1) is 20.6. The Hall–Kier alpha value is -2.62. The fourth-order valence-corrected chi connectivity index (χ4v) is 5.52. The Bertz CT molecular complexity index is 1130. The van der Waals surface area contributed by atoms with Crippen LogP contribution in [0.4, 0.5) is 4.39 Å². The van der Waals surface area contributed by atoms with Gasteiger partial charge < -0.3 is 9.15 Å². The van der Waals surface area contributed by atoms with E-state index in [2.05, 4.69) is 10.2 Å². The van der Waals surface area contributed by atoms with Crippen LogP contribution in [0.25, 0.3) is 11.5 Å². The lowest BCUT2D eigenvalue weighted by Crippen LogP contribution is -2.30. The largest absolute Gasteiger partial charge is 0.420 e. The summed E-state index contributed by atoms with van der Waals surface area (Å²) in [5, 5.41) is 8.30. The predicted octanol–water partition coefficient (Wildman–Crippen LogP) is 3.23. The molecular formula is C21H22FN3O4S. The van der Waals surface area contributed by atoms with Crippen LogP contribution in [-0.2, 0) is 14.8 Å². The standard InChI is InChI=1S/C21H22FN3O4S/c1-14-8-9-17(22)10-19(14)30(26,27)25-11-16(13-28-2)18(12-25)21-24-23-20(29-21)15-6-4-3-5-7-15/h3-10,16,18H,11-13H2,1-2H3/t16-,18+/m0/s1. The smallest absolute Gasteiger partial charge is 0.247 e. The number of hydrogen-bond acceptors (Lipinski definition) is 6. The van der Waals surface area contributed by atoms with E-state index in [4.69, 9.17) is 9.15 Å². The number of methoxy groups -OCH3 is 1. The molecule has 1 fully saturated rings. The van der Waals surface area contributed by atoms with Crippen molar-refractivity contribution in [3.63, 3.8) is 0 Å². The van der Waals surface area contributed by atoms with E-state index >= 15 is 0 Å². The molecule has 0 spiro atoms. The number of nitrogens with zero attached hydrogens (tertiary/aromatic N) is 3. The summed E-state index contributed by atoms with van der Waals surface area (Å²) in [6.45, 7) is 2.36. The third-order valence-corrected chi connectivity index (χ3v) is 7.31. The van der Waals surface area contributed by atoms with Gasteiger partial charge in [0, 0.05) is 31.7 Å². The SMILES string of the molecule is COC[C@@H]1CN(S(=O)(=O)c2cc(F)ccc2C)C[C@H]1c1nnc(-c2ccccc2)o1. The molecule has 0 aliphatic carbocycles. The van der Waals surface area contributed by atoms with Crippen LogP contribution < -0.4 is 0 Å². The van der Waals surface area contributed by atoms with E-state index in [0.717, 1.165) is 11.6 Å². The number of hydrogen-bond donors (Lipinski definition) is 0. The first-order valence-corrected chi connectivity index (χ1v) is 11.0. The van der Waals surface area contributed by atoms with Gasteiger partial charge in [-0.05, 0) is 36.8 Å². The molecule has 0 saturated carbocycles. The minimum Gasteiger partial charge on any atom is -0.420 e. The van der Waals surface area contributed by atoms with Crippen molar-refractivity contribution in [2.45, 2.75) is 17.7 Å². The highest BCUT2D eigenvalue weighted by Crippen LogP contribution is 2.36. The minimum atomic E-state index is -3.88. The number of benzene rings is 2. The molecule has 0 amide bonds. The molecule has 0 N–H and O–H groups in total. The normalized spacial score (nSPS) is 20.0. The molecule has 7 nitrogen and oxygen atoms in total. The van der Waals surface area contributed by atoms with E-state index in [-0.39, 0.29) is 29.8 Å². The van der Waals surface area contributed by atoms with E-state index in [1.165, 1.54) is 16.4 Å². The molecule has 2 aromatic carbocycles. The Kier molecular flexibility index (Phi) is 5.68. The fourth-order valence-electron chi connectivity index (χ4n) is 3.76. The Morgan fingerprint density at radius 3 is 2.67 bits per heavy atom. The van der Waals surface area contributed by atoms with Crippen LogP contribution in [0.2, 0.25) is 0 Å². The summed E-state index contributed by atoms with van der Waals surface area (Å²) in [5.74, 6) is -0.331. The van der Waals surface area contributed by atoms with Crippen molar-refractivity contribution in [2.75, 3.05) is 26.8 Å². The second-order valence-corrected chi connectivity index (χ2v) is 9.27. The van der Waals surface area contributed by atoms with Gasteiger partial charge in [0.15, 0.2) is 0 Å². The Morgan fingerprint density at radius 1 is 1.17 bits per heavy atom. The van der Waals surface area contributed by atoms with E-state index in [1.54, 1.807) is 14.0 Å². The summed E-state index contributed by atoms with van der Waals surface area (Å²) in [7, 11) is -2.32. The van der Waals surface area contributed by atoms with Crippen molar-refractivity contribution >= 4 is 10.0 Å². The maximum absolute atomic E-state index is 13.7. The summed E-state index contributed by atoms with van der Waals surface area (Å²) in [6.07, 6.45) is 0. The van der Waals surface area contributed by atoms with Crippen molar-refractivity contribution in [3.8, 4) is 11.5 Å². The van der Waals surface area contributed by atoms with Crippen molar-refractivity contribution in [1.82, 2.24) is 14.5 Å². The van der Waals surface area contributed by atoms with Gasteiger partial charge in [0.25, 0.3) is 0 Å². The van der Waals surface area contributed by atoms with Gasteiger partial charge in [0.05, 0.1) is 17.4 Å². The highest BCUT2D eigenvalue weighted by molar-refractivity contribution is 7.89. The molecule has 4 rings (SSSR count). The average molecular weight is 431 g/mol. The van der Waals surface area contributed by atoms with Gasteiger partial charge in [-0.1, -0.05) is 24.3 Å². The topological polar surface area (TPSA) is 85.5 Å². The van der Waals surface area contributed by atoms with Crippen LogP contribution in [0, 0.1) is 18.7 Å². The Morgan fingerprint density at radius 2 is 1.93 bits per heavy atom. The Labute approximate surface area is 174 Å². The van der Waals surface area contributed by atoms with Gasteiger partial charge in [-0.2, -0.15) is 4.31 Å². The van der Waals surface area contributed by atoms with Crippen molar-refractivity contribution < 1.29 is 22.0 Å². The van der Waals surface area contributed by atoms with Crippen molar-refractivity contribution in [2.24, 2.45) is 5.92 Å². The zero-order valence-electron chi connectivity index (χ0n) is 16.7. The molecule has 0 bridgehead atoms. The maximum atomic E-state index is 13.7. The van der Waals surface area contributed by atoms with Crippen LogP contribution in [0.3, 0.4) is 0 Å². The monoisotopic (exact) mass is 431 g/mol. The van der Waals surface area contributed by atoms with Crippen LogP contribution in [0.15, 0.2) is 57.8 Å². The second kappa shape index (κ2) is 8.25. The van der Waals surface area contributed by atoms with E-state index in [0.29, 0.717) is 24.0 Å². The zero-order chi connectivity index (χ0) is 21.3. The van der Waals surface area contributed by atoms with Crippen molar-refractivity contribution in [1.29, 1.82) is 0 Å². The van der Waals surface area contributed by atoms with Crippen LogP contribution in [-0.4, -0.2) is 49.7 Å². The molecule has 1 aliphatic rings. The van der Waals surface area contributed by atoms with Gasteiger partial charge in [-0.3, -0.25) is 0 Å². The first-order valence-electron chi connectivity index (χ1n) is 9.54. The molecule has 0 unspecified atom stereocenters. The number of aryl methyl sites for hydroxylation is 1. The van der Waals surface area contributed by atoms with Gasteiger partial charge in [0.1, 0.15) is 5.82 Å². The molecule has 1 saturated heterocycles. The predicted molar refractivity (Wildman–Crippen MR) is 108 cm³/mol. The third kappa shape index (κ3) is 3.88. The number of rotatable bonds is 6.